The van der Waals surface area contributed by atoms with Crippen molar-refractivity contribution in [2.75, 3.05) is 13.7 Å². The molecule has 2 atom stereocenters. The Bertz CT molecular complexity index is 368. The monoisotopic (exact) mass is 250 g/mol. The summed E-state index contributed by atoms with van der Waals surface area (Å²) >= 11 is 0. The van der Waals surface area contributed by atoms with E-state index in [4.69, 9.17) is 14.2 Å². The number of ether oxygens (including phenoxy) is 3. The number of hydrogen-bond donors (Lipinski definition) is 0. The zero-order valence-corrected chi connectivity index (χ0v) is 10.5. The van der Waals surface area contributed by atoms with Gasteiger partial charge in [-0.3, -0.25) is 0 Å². The Hall–Kier alpha value is -1.39. The summed E-state index contributed by atoms with van der Waals surface area (Å²) in [6.07, 6.45) is 2.18. The van der Waals surface area contributed by atoms with E-state index in [1.54, 1.807) is 7.11 Å². The number of methoxy groups -OCH3 is 1. The molecule has 0 N–H and O–H groups in total. The van der Waals surface area contributed by atoms with E-state index < -0.39 is 6.10 Å². The third-order valence-electron chi connectivity index (χ3n) is 3.07. The maximum Gasteiger partial charge on any atom is 0.151 e. The minimum Gasteiger partial charge on any atom is -0.497 e. The molecular formula is C14H18O4. The van der Waals surface area contributed by atoms with E-state index in [-0.39, 0.29) is 6.10 Å². The number of hydrogen-bond acceptors (Lipinski definition) is 4. The van der Waals surface area contributed by atoms with Crippen molar-refractivity contribution in [1.82, 2.24) is 0 Å². The molecule has 1 aromatic rings. The summed E-state index contributed by atoms with van der Waals surface area (Å²) < 4.78 is 16.1. The fraction of sp³-hybridized carbons (Fsp3) is 0.500. The van der Waals surface area contributed by atoms with Gasteiger partial charge in [-0.15, -0.1) is 0 Å². The Morgan fingerprint density at radius 3 is 2.78 bits per heavy atom. The Labute approximate surface area is 107 Å². The zero-order chi connectivity index (χ0) is 12.8. The summed E-state index contributed by atoms with van der Waals surface area (Å²) in [5, 5.41) is 0. The Morgan fingerprint density at radius 2 is 2.22 bits per heavy atom. The van der Waals surface area contributed by atoms with Gasteiger partial charge in [-0.25, -0.2) is 0 Å². The topological polar surface area (TPSA) is 44.8 Å². The lowest BCUT2D eigenvalue weighted by molar-refractivity contribution is -0.127. The predicted octanol–water partition coefficient (Wildman–Crippen LogP) is 1.96. The van der Waals surface area contributed by atoms with Gasteiger partial charge in [0.2, 0.25) is 0 Å². The lowest BCUT2D eigenvalue weighted by atomic mass is 10.1. The minimum atomic E-state index is -0.463. The van der Waals surface area contributed by atoms with Crippen LogP contribution >= 0.6 is 0 Å². The van der Waals surface area contributed by atoms with Crippen LogP contribution in [-0.4, -0.2) is 32.2 Å². The van der Waals surface area contributed by atoms with Crippen LogP contribution in [0.1, 0.15) is 18.4 Å². The van der Waals surface area contributed by atoms with Crippen LogP contribution in [0.5, 0.6) is 5.75 Å². The molecule has 18 heavy (non-hydrogen) atoms. The average molecular weight is 250 g/mol. The molecule has 1 heterocycles. The smallest absolute Gasteiger partial charge is 0.151 e. The summed E-state index contributed by atoms with van der Waals surface area (Å²) in [5.74, 6) is 0.810. The quantitative estimate of drug-likeness (QED) is 0.724. The molecule has 4 heteroatoms. The van der Waals surface area contributed by atoms with E-state index in [1.165, 1.54) is 0 Å². The van der Waals surface area contributed by atoms with Gasteiger partial charge in [-0.1, -0.05) is 12.1 Å². The molecule has 0 amide bonds. The molecule has 0 aromatic heterocycles. The van der Waals surface area contributed by atoms with Gasteiger partial charge in [-0.2, -0.15) is 0 Å². The van der Waals surface area contributed by atoms with Crippen LogP contribution in [0.2, 0.25) is 0 Å². The number of benzene rings is 1. The standard InChI is InChI=1S/C14H18O4/c1-16-12-6-4-11(5-7-12)10-18-14(9-15)13-3-2-8-17-13/h4-7,9,13-14H,2-3,8,10H2,1H3. The minimum absolute atomic E-state index is 0.0826. The van der Waals surface area contributed by atoms with Gasteiger partial charge in [0.15, 0.2) is 6.29 Å². The summed E-state index contributed by atoms with van der Waals surface area (Å²) in [4.78, 5) is 11.0. The van der Waals surface area contributed by atoms with Crippen LogP contribution in [0, 0.1) is 0 Å². The van der Waals surface area contributed by atoms with Crippen LogP contribution in [0.3, 0.4) is 0 Å². The molecular weight excluding hydrogens is 232 g/mol. The van der Waals surface area contributed by atoms with Crippen LogP contribution in [-0.2, 0) is 20.9 Å². The molecule has 0 spiro atoms. The van der Waals surface area contributed by atoms with Crippen molar-refractivity contribution in [3.8, 4) is 5.75 Å². The van der Waals surface area contributed by atoms with Crippen molar-refractivity contribution >= 4 is 6.29 Å². The first-order chi connectivity index (χ1) is 8.83. The van der Waals surface area contributed by atoms with Gasteiger partial charge in [-0.05, 0) is 30.5 Å². The highest BCUT2D eigenvalue weighted by Crippen LogP contribution is 2.18. The van der Waals surface area contributed by atoms with Gasteiger partial charge >= 0.3 is 0 Å². The Morgan fingerprint density at radius 1 is 1.44 bits per heavy atom. The first-order valence-electron chi connectivity index (χ1n) is 6.15. The second kappa shape index (κ2) is 6.52. The number of carbonyl (C=O) groups is 1. The van der Waals surface area contributed by atoms with Crippen molar-refractivity contribution in [3.63, 3.8) is 0 Å². The highest BCUT2D eigenvalue weighted by molar-refractivity contribution is 5.57. The van der Waals surface area contributed by atoms with Crippen LogP contribution in [0.15, 0.2) is 24.3 Å². The third kappa shape index (κ3) is 3.31. The maximum atomic E-state index is 11.0. The second-order valence-corrected chi connectivity index (χ2v) is 4.31. The van der Waals surface area contributed by atoms with Crippen molar-refractivity contribution in [1.29, 1.82) is 0 Å². The summed E-state index contributed by atoms with van der Waals surface area (Å²) in [5.41, 5.74) is 1.01. The number of aldehydes is 1. The lowest BCUT2D eigenvalue weighted by Gasteiger charge is -2.18. The van der Waals surface area contributed by atoms with Gasteiger partial charge in [0.05, 0.1) is 19.8 Å². The van der Waals surface area contributed by atoms with E-state index in [9.17, 15) is 4.79 Å². The van der Waals surface area contributed by atoms with Crippen molar-refractivity contribution in [2.24, 2.45) is 0 Å². The van der Waals surface area contributed by atoms with E-state index in [1.807, 2.05) is 24.3 Å². The molecule has 0 saturated carbocycles. The van der Waals surface area contributed by atoms with Crippen LogP contribution < -0.4 is 4.74 Å². The lowest BCUT2D eigenvalue weighted by Crippen LogP contribution is -2.29. The first-order valence-corrected chi connectivity index (χ1v) is 6.15. The largest absolute Gasteiger partial charge is 0.497 e. The highest BCUT2D eigenvalue weighted by Gasteiger charge is 2.26. The van der Waals surface area contributed by atoms with E-state index in [2.05, 4.69) is 0 Å². The van der Waals surface area contributed by atoms with Gasteiger partial charge in [0, 0.05) is 6.61 Å². The molecule has 2 rings (SSSR count). The number of carbonyl (C=O) groups excluding carboxylic acids is 1. The SMILES string of the molecule is COc1ccc(COC(C=O)C2CCCO2)cc1. The van der Waals surface area contributed by atoms with E-state index >= 15 is 0 Å². The summed E-state index contributed by atoms with van der Waals surface area (Å²) in [7, 11) is 1.63. The summed E-state index contributed by atoms with van der Waals surface area (Å²) in [6.45, 7) is 1.13. The van der Waals surface area contributed by atoms with Crippen LogP contribution in [0.25, 0.3) is 0 Å². The molecule has 0 bridgehead atoms. The van der Waals surface area contributed by atoms with Crippen molar-refractivity contribution in [3.05, 3.63) is 29.8 Å². The molecule has 0 aliphatic carbocycles. The first kappa shape index (κ1) is 13.1. The van der Waals surface area contributed by atoms with Gasteiger partial charge < -0.3 is 19.0 Å². The van der Waals surface area contributed by atoms with Crippen LogP contribution in [0.4, 0.5) is 0 Å². The third-order valence-corrected chi connectivity index (χ3v) is 3.07. The maximum absolute atomic E-state index is 11.0. The fourth-order valence-electron chi connectivity index (χ4n) is 2.01. The molecule has 1 aliphatic heterocycles. The molecule has 1 aliphatic rings. The van der Waals surface area contributed by atoms with E-state index in [0.717, 1.165) is 37.0 Å². The average Bonchev–Trinajstić information content (AvgIpc) is 2.94. The van der Waals surface area contributed by atoms with Crippen molar-refractivity contribution in [2.45, 2.75) is 31.7 Å². The molecule has 1 saturated heterocycles. The Balaban J connectivity index is 1.86. The van der Waals surface area contributed by atoms with Gasteiger partial charge in [0.1, 0.15) is 11.9 Å². The Kier molecular flexibility index (Phi) is 4.73. The molecule has 1 aromatic carbocycles. The second-order valence-electron chi connectivity index (χ2n) is 4.31. The van der Waals surface area contributed by atoms with E-state index in [0.29, 0.717) is 6.61 Å². The number of rotatable bonds is 6. The molecule has 4 nitrogen and oxygen atoms in total. The van der Waals surface area contributed by atoms with Gasteiger partial charge in [0.25, 0.3) is 0 Å². The fourth-order valence-corrected chi connectivity index (χ4v) is 2.01. The molecule has 0 radical (unpaired) electrons. The van der Waals surface area contributed by atoms with Crippen molar-refractivity contribution < 1.29 is 19.0 Å². The zero-order valence-electron chi connectivity index (χ0n) is 10.5. The molecule has 2 unspecified atom stereocenters. The summed E-state index contributed by atoms with van der Waals surface area (Å²) in [6, 6.07) is 7.60. The molecule has 98 valence electrons. The predicted molar refractivity (Wildman–Crippen MR) is 66.6 cm³/mol. The molecule has 1 fully saturated rings. The normalized spacial score (nSPS) is 20.6. The highest BCUT2D eigenvalue weighted by atomic mass is 16.5.